The summed E-state index contributed by atoms with van der Waals surface area (Å²) in [5.41, 5.74) is 4.03. The summed E-state index contributed by atoms with van der Waals surface area (Å²) in [6.07, 6.45) is 4.49. The van der Waals surface area contributed by atoms with Crippen LogP contribution in [0.4, 0.5) is 0 Å². The van der Waals surface area contributed by atoms with E-state index in [1.807, 2.05) is 12.1 Å². The van der Waals surface area contributed by atoms with Gasteiger partial charge in [-0.3, -0.25) is 4.79 Å². The molecule has 30 heavy (non-hydrogen) atoms. The normalized spacial score (nSPS) is 27.3. The lowest BCUT2D eigenvalue weighted by Crippen LogP contribution is -2.43. The Morgan fingerprint density at radius 1 is 1.20 bits per heavy atom. The van der Waals surface area contributed by atoms with Gasteiger partial charge < -0.3 is 10.1 Å². The van der Waals surface area contributed by atoms with Gasteiger partial charge in [0.25, 0.3) is 0 Å². The number of rotatable bonds is 5. The van der Waals surface area contributed by atoms with Crippen LogP contribution in [0.5, 0.6) is 0 Å². The summed E-state index contributed by atoms with van der Waals surface area (Å²) in [5, 5.41) is 4.22. The number of hydrogen-bond acceptors (Lipinski definition) is 2. The molecule has 0 spiro atoms. The summed E-state index contributed by atoms with van der Waals surface area (Å²) in [5.74, 6) is 0.421. The number of aldehydes is 1. The second kappa shape index (κ2) is 8.36. The third-order valence-electron chi connectivity index (χ3n) is 7.08. The summed E-state index contributed by atoms with van der Waals surface area (Å²) in [7, 11) is 0. The van der Waals surface area contributed by atoms with Crippen LogP contribution in [0, 0.1) is 18.3 Å². The molecule has 1 N–H and O–H groups in total. The number of carbonyl (C=O) groups is 2. The Hall–Kier alpha value is -1.84. The molecular formula is C25H27Cl2NO2. The van der Waals surface area contributed by atoms with Gasteiger partial charge in [0.1, 0.15) is 6.29 Å². The molecule has 0 bridgehead atoms. The number of fused-ring (bicyclic) bond motifs is 3. The van der Waals surface area contributed by atoms with Gasteiger partial charge >= 0.3 is 0 Å². The van der Waals surface area contributed by atoms with Crippen molar-refractivity contribution in [3.8, 4) is 0 Å². The maximum atomic E-state index is 13.7. The van der Waals surface area contributed by atoms with Crippen LogP contribution >= 0.6 is 23.2 Å². The fraction of sp³-hybridized carbons (Fsp3) is 0.440. The first-order chi connectivity index (χ1) is 14.4. The van der Waals surface area contributed by atoms with Gasteiger partial charge in [-0.15, -0.1) is 0 Å². The fourth-order valence-corrected chi connectivity index (χ4v) is 6.57. The van der Waals surface area contributed by atoms with Crippen molar-refractivity contribution in [2.75, 3.05) is 0 Å². The lowest BCUT2D eigenvalue weighted by atomic mass is 9.58. The zero-order valence-corrected chi connectivity index (χ0v) is 18.9. The summed E-state index contributed by atoms with van der Waals surface area (Å²) in [6, 6.07) is 11.6. The predicted octanol–water partition coefficient (Wildman–Crippen LogP) is 6.19. The van der Waals surface area contributed by atoms with Gasteiger partial charge in [-0.05, 0) is 77.5 Å². The predicted molar refractivity (Wildman–Crippen MR) is 121 cm³/mol. The van der Waals surface area contributed by atoms with Crippen molar-refractivity contribution in [3.05, 3.63) is 68.7 Å². The molecular weight excluding hydrogens is 417 g/mol. The standard InChI is InChI=1S/C25H27Cl2NO2/c1-15-6-7-21-20-5-3-4-16(2)22(20)23(25(21,13-15)8-9-29)24(30)28-14-17-10-18(26)12-19(27)11-17/h3-5,9-12,15,21,23H,6-8,13-14H2,1-2H3,(H,28,30). The summed E-state index contributed by atoms with van der Waals surface area (Å²) in [6.45, 7) is 4.67. The van der Waals surface area contributed by atoms with E-state index in [0.717, 1.165) is 42.2 Å². The second-order valence-electron chi connectivity index (χ2n) is 9.05. The van der Waals surface area contributed by atoms with Gasteiger partial charge in [-0.2, -0.15) is 0 Å². The monoisotopic (exact) mass is 443 g/mol. The molecule has 2 aromatic rings. The Labute approximate surface area is 188 Å². The van der Waals surface area contributed by atoms with E-state index in [1.165, 1.54) is 5.56 Å². The molecule has 2 aliphatic carbocycles. The van der Waals surface area contributed by atoms with Crippen LogP contribution in [-0.2, 0) is 16.1 Å². The number of nitrogens with one attached hydrogen (secondary N) is 1. The van der Waals surface area contributed by atoms with Gasteiger partial charge in [-0.25, -0.2) is 0 Å². The number of halogens is 2. The molecule has 1 amide bonds. The Morgan fingerprint density at radius 3 is 2.63 bits per heavy atom. The van der Waals surface area contributed by atoms with Crippen molar-refractivity contribution in [1.82, 2.24) is 5.32 Å². The van der Waals surface area contributed by atoms with Gasteiger partial charge in [0, 0.05) is 23.0 Å². The van der Waals surface area contributed by atoms with Crippen LogP contribution < -0.4 is 5.32 Å². The molecule has 4 unspecified atom stereocenters. The lowest BCUT2D eigenvalue weighted by Gasteiger charge is -2.45. The van der Waals surface area contributed by atoms with Crippen molar-refractivity contribution in [3.63, 3.8) is 0 Å². The van der Waals surface area contributed by atoms with E-state index in [2.05, 4.69) is 37.4 Å². The second-order valence-corrected chi connectivity index (χ2v) is 9.92. The summed E-state index contributed by atoms with van der Waals surface area (Å²) < 4.78 is 0. The molecule has 1 fully saturated rings. The Balaban J connectivity index is 1.71. The third-order valence-corrected chi connectivity index (χ3v) is 7.52. The molecule has 2 aliphatic rings. The minimum atomic E-state index is -0.343. The largest absolute Gasteiger partial charge is 0.351 e. The highest BCUT2D eigenvalue weighted by atomic mass is 35.5. The molecule has 4 rings (SSSR count). The van der Waals surface area contributed by atoms with Gasteiger partial charge in [-0.1, -0.05) is 54.7 Å². The molecule has 4 atom stereocenters. The molecule has 0 aromatic heterocycles. The van der Waals surface area contributed by atoms with Gasteiger partial charge in [0.15, 0.2) is 0 Å². The van der Waals surface area contributed by atoms with Crippen LogP contribution in [0.2, 0.25) is 10.0 Å². The smallest absolute Gasteiger partial charge is 0.228 e. The highest BCUT2D eigenvalue weighted by Crippen LogP contribution is 2.64. The average Bonchev–Trinajstić information content (AvgIpc) is 2.96. The van der Waals surface area contributed by atoms with Gasteiger partial charge in [0.2, 0.25) is 5.91 Å². The van der Waals surface area contributed by atoms with E-state index in [4.69, 9.17) is 23.2 Å². The zero-order chi connectivity index (χ0) is 21.5. The van der Waals surface area contributed by atoms with Crippen LogP contribution in [-0.4, -0.2) is 12.2 Å². The number of carbonyl (C=O) groups excluding carboxylic acids is 2. The van der Waals surface area contributed by atoms with Crippen LogP contribution in [0.15, 0.2) is 36.4 Å². The molecule has 1 saturated carbocycles. The minimum Gasteiger partial charge on any atom is -0.351 e. The first kappa shape index (κ1) is 21.4. The zero-order valence-electron chi connectivity index (χ0n) is 17.4. The number of amides is 1. The Bertz CT molecular complexity index is 969. The maximum absolute atomic E-state index is 13.7. The first-order valence-corrected chi connectivity index (χ1v) is 11.4. The van der Waals surface area contributed by atoms with Crippen LogP contribution in [0.3, 0.4) is 0 Å². The minimum absolute atomic E-state index is 0.0138. The van der Waals surface area contributed by atoms with E-state index < -0.39 is 0 Å². The van der Waals surface area contributed by atoms with Crippen molar-refractivity contribution >= 4 is 35.4 Å². The molecule has 3 nitrogen and oxygen atoms in total. The van der Waals surface area contributed by atoms with Crippen molar-refractivity contribution in [2.24, 2.45) is 11.3 Å². The van der Waals surface area contributed by atoms with E-state index in [0.29, 0.717) is 28.9 Å². The van der Waals surface area contributed by atoms with Crippen LogP contribution in [0.1, 0.15) is 66.7 Å². The van der Waals surface area contributed by atoms with Crippen LogP contribution in [0.25, 0.3) is 0 Å². The lowest BCUT2D eigenvalue weighted by molar-refractivity contribution is -0.127. The molecule has 0 saturated heterocycles. The van der Waals surface area contributed by atoms with Crippen molar-refractivity contribution in [1.29, 1.82) is 0 Å². The first-order valence-electron chi connectivity index (χ1n) is 10.6. The maximum Gasteiger partial charge on any atom is 0.228 e. The fourth-order valence-electron chi connectivity index (χ4n) is 6.00. The highest BCUT2D eigenvalue weighted by molar-refractivity contribution is 6.34. The molecule has 0 heterocycles. The summed E-state index contributed by atoms with van der Waals surface area (Å²) in [4.78, 5) is 25.5. The van der Waals surface area contributed by atoms with E-state index in [1.54, 1.807) is 6.07 Å². The van der Waals surface area contributed by atoms with Crippen molar-refractivity contribution < 1.29 is 9.59 Å². The van der Waals surface area contributed by atoms with E-state index >= 15 is 0 Å². The molecule has 5 heteroatoms. The molecule has 2 aromatic carbocycles. The average molecular weight is 444 g/mol. The SMILES string of the molecule is Cc1cccc2c1C(C(=O)NCc1cc(Cl)cc(Cl)c1)C1(CC=O)CC(C)CCC21. The Morgan fingerprint density at radius 2 is 1.93 bits per heavy atom. The van der Waals surface area contributed by atoms with E-state index in [-0.39, 0.29) is 23.2 Å². The number of hydrogen-bond donors (Lipinski definition) is 1. The highest BCUT2D eigenvalue weighted by Gasteiger charge is 2.57. The quantitative estimate of drug-likeness (QED) is 0.559. The molecule has 0 aliphatic heterocycles. The van der Waals surface area contributed by atoms with E-state index in [9.17, 15) is 9.59 Å². The number of aryl methyl sites for hydroxylation is 1. The molecule has 0 radical (unpaired) electrons. The Kier molecular flexibility index (Phi) is 5.96. The topological polar surface area (TPSA) is 46.2 Å². The van der Waals surface area contributed by atoms with Gasteiger partial charge in [0.05, 0.1) is 5.92 Å². The molecule has 158 valence electrons. The third kappa shape index (κ3) is 3.67. The summed E-state index contributed by atoms with van der Waals surface area (Å²) >= 11 is 12.2. The van der Waals surface area contributed by atoms with Crippen molar-refractivity contribution in [2.45, 2.75) is 57.9 Å². The number of benzene rings is 2.